The second kappa shape index (κ2) is 14.2. The van der Waals surface area contributed by atoms with Crippen molar-refractivity contribution < 1.29 is 38.2 Å². The Bertz CT molecular complexity index is 1450. The maximum atomic E-state index is 14.2. The molecular weight excluding hydrogens is 620 g/mol. The summed E-state index contributed by atoms with van der Waals surface area (Å²) in [4.78, 5) is 82.7. The topological polar surface area (TPSA) is 175 Å². The summed E-state index contributed by atoms with van der Waals surface area (Å²) in [5.41, 5.74) is -0.145. The Balaban J connectivity index is 1.39. The van der Waals surface area contributed by atoms with Gasteiger partial charge in [0.25, 0.3) is 5.91 Å². The van der Waals surface area contributed by atoms with Crippen LogP contribution in [0, 0.1) is 5.92 Å². The minimum atomic E-state index is -1.39. The van der Waals surface area contributed by atoms with Crippen LogP contribution >= 0.6 is 0 Å². The molecule has 0 aromatic heterocycles. The zero-order chi connectivity index (χ0) is 34.6. The van der Waals surface area contributed by atoms with E-state index in [-0.39, 0.29) is 25.3 Å². The van der Waals surface area contributed by atoms with Gasteiger partial charge < -0.3 is 30.3 Å². The number of rotatable bonds is 3. The van der Waals surface area contributed by atoms with Gasteiger partial charge in [0.2, 0.25) is 11.8 Å². The number of hydrogen-bond acceptors (Lipinski definition) is 8. The summed E-state index contributed by atoms with van der Waals surface area (Å²) in [5.74, 6) is -2.15. The number of nitrogens with one attached hydrogen (secondary N) is 4. The molecule has 7 amide bonds. The largest absolute Gasteiger partial charge is 0.444 e. The number of carbonyl (C=O) groups is 6. The Morgan fingerprint density at radius 3 is 2.40 bits per heavy atom. The van der Waals surface area contributed by atoms with E-state index >= 15 is 0 Å². The summed E-state index contributed by atoms with van der Waals surface area (Å²) in [6, 6.07) is 4.89. The summed E-state index contributed by atoms with van der Waals surface area (Å²) < 4.78 is 11.3. The highest BCUT2D eigenvalue weighted by Crippen LogP contribution is 2.45. The third kappa shape index (κ3) is 8.08. The van der Waals surface area contributed by atoms with Crippen LogP contribution in [0.25, 0.3) is 0 Å². The van der Waals surface area contributed by atoms with E-state index in [1.807, 2.05) is 36.4 Å². The molecule has 3 heterocycles. The first-order chi connectivity index (χ1) is 22.8. The average Bonchev–Trinajstić information content (AvgIpc) is 3.33. The van der Waals surface area contributed by atoms with Gasteiger partial charge in [-0.05, 0) is 57.6 Å². The molecule has 0 unspecified atom stereocenters. The van der Waals surface area contributed by atoms with Crippen molar-refractivity contribution >= 4 is 35.9 Å². The van der Waals surface area contributed by atoms with E-state index in [9.17, 15) is 28.8 Å². The monoisotopic (exact) mass is 666 g/mol. The molecular formula is C34H46N6O8. The van der Waals surface area contributed by atoms with Crippen LogP contribution in [-0.2, 0) is 36.9 Å². The molecule has 2 fully saturated rings. The molecule has 3 aliphatic heterocycles. The highest BCUT2D eigenvalue weighted by atomic mass is 16.6. The average molecular weight is 667 g/mol. The van der Waals surface area contributed by atoms with Gasteiger partial charge >= 0.3 is 18.2 Å². The number of hydrogen-bond donors (Lipinski definition) is 4. The van der Waals surface area contributed by atoms with Crippen LogP contribution in [0.1, 0.15) is 76.8 Å². The number of benzene rings is 1. The molecule has 5 atom stereocenters. The number of amides is 7. The molecule has 1 aromatic rings. The van der Waals surface area contributed by atoms with Gasteiger partial charge in [-0.3, -0.25) is 24.6 Å². The standard InChI is InChI=1S/C34H46N6O8/c1-33(2,3)48-31(45)36-25-15-9-7-5-6-8-14-23-17-34(23,29(43)37-30(44)35-4)38-27(41)26-16-24(20-40(26)28(25)42)47-32(46)39-18-21-12-10-11-13-22(21)19-39/h8,10-14,23-26H,5-7,9,15-20H2,1-4H3,(H,36,45)(H,38,41)(H2,35,37,43,44)/t23-,24-,25+,26+,34-/m1/s1. The summed E-state index contributed by atoms with van der Waals surface area (Å²) >= 11 is 0. The van der Waals surface area contributed by atoms with Crippen LogP contribution < -0.4 is 21.3 Å². The van der Waals surface area contributed by atoms with E-state index in [1.165, 1.54) is 11.9 Å². The SMILES string of the molecule is CNC(=O)NC(=O)[C@@]12C[C@H]1C=CCCCCC[C@H](NC(=O)OC(C)(C)C)C(=O)N1C[C@H](OC(=O)N3Cc4ccccc4C3)C[C@H]1C(=O)N2. The summed E-state index contributed by atoms with van der Waals surface area (Å²) in [6.45, 7) is 5.84. The van der Waals surface area contributed by atoms with Gasteiger partial charge in [-0.15, -0.1) is 0 Å². The van der Waals surface area contributed by atoms with Gasteiger partial charge in [0.05, 0.1) is 6.54 Å². The lowest BCUT2D eigenvalue weighted by atomic mass is 10.0. The van der Waals surface area contributed by atoms with E-state index in [1.54, 1.807) is 25.7 Å². The van der Waals surface area contributed by atoms with Crippen LogP contribution in [0.2, 0.25) is 0 Å². The lowest BCUT2D eigenvalue weighted by Crippen LogP contribution is -2.58. The predicted octanol–water partition coefficient (Wildman–Crippen LogP) is 2.85. The number of urea groups is 1. The lowest BCUT2D eigenvalue weighted by Gasteiger charge is -2.30. The zero-order valence-corrected chi connectivity index (χ0v) is 28.0. The third-order valence-electron chi connectivity index (χ3n) is 9.16. The summed E-state index contributed by atoms with van der Waals surface area (Å²) in [5, 5.41) is 10.2. The summed E-state index contributed by atoms with van der Waals surface area (Å²) in [7, 11) is 1.38. The van der Waals surface area contributed by atoms with Crippen LogP contribution in [0.4, 0.5) is 14.4 Å². The smallest absolute Gasteiger partial charge is 0.410 e. The Morgan fingerprint density at radius 1 is 1.02 bits per heavy atom. The maximum Gasteiger partial charge on any atom is 0.410 e. The molecule has 48 heavy (non-hydrogen) atoms. The number of alkyl carbamates (subject to hydrolysis) is 1. The summed E-state index contributed by atoms with van der Waals surface area (Å²) in [6.07, 6.45) is 5.19. The van der Waals surface area contributed by atoms with Crippen molar-refractivity contribution in [3.63, 3.8) is 0 Å². The van der Waals surface area contributed by atoms with Crippen molar-refractivity contribution in [1.29, 1.82) is 0 Å². The molecule has 1 aromatic carbocycles. The fourth-order valence-corrected chi connectivity index (χ4v) is 6.57. The Hall–Kier alpha value is -4.62. The lowest BCUT2D eigenvalue weighted by molar-refractivity contribution is -0.141. The fraction of sp³-hybridized carbons (Fsp3) is 0.588. The van der Waals surface area contributed by atoms with E-state index in [2.05, 4.69) is 21.3 Å². The van der Waals surface area contributed by atoms with Crippen molar-refractivity contribution in [2.75, 3.05) is 13.6 Å². The van der Waals surface area contributed by atoms with Crippen molar-refractivity contribution in [1.82, 2.24) is 31.1 Å². The van der Waals surface area contributed by atoms with Crippen LogP contribution in [0.5, 0.6) is 0 Å². The van der Waals surface area contributed by atoms with Gasteiger partial charge in [-0.1, -0.05) is 49.3 Å². The highest BCUT2D eigenvalue weighted by molar-refractivity contribution is 6.04. The van der Waals surface area contributed by atoms with Crippen LogP contribution in [0.3, 0.4) is 0 Å². The van der Waals surface area contributed by atoms with Crippen molar-refractivity contribution in [3.05, 3.63) is 47.5 Å². The van der Waals surface area contributed by atoms with Gasteiger partial charge in [0.15, 0.2) is 0 Å². The first kappa shape index (κ1) is 34.7. The molecule has 1 saturated carbocycles. The Kier molecular flexibility index (Phi) is 10.3. The Labute approximate surface area is 280 Å². The Morgan fingerprint density at radius 2 is 1.73 bits per heavy atom. The van der Waals surface area contributed by atoms with Gasteiger partial charge in [-0.2, -0.15) is 0 Å². The molecule has 1 saturated heterocycles. The van der Waals surface area contributed by atoms with Crippen LogP contribution in [-0.4, -0.2) is 88.7 Å². The van der Waals surface area contributed by atoms with E-state index in [4.69, 9.17) is 9.47 Å². The van der Waals surface area contributed by atoms with E-state index < -0.39 is 65.3 Å². The fourth-order valence-electron chi connectivity index (χ4n) is 6.57. The van der Waals surface area contributed by atoms with Crippen LogP contribution in [0.15, 0.2) is 36.4 Å². The number of ether oxygens (including phenoxy) is 2. The second-order valence-electron chi connectivity index (χ2n) is 13.9. The molecule has 0 bridgehead atoms. The first-order valence-electron chi connectivity index (χ1n) is 16.6. The molecule has 1 aliphatic carbocycles. The van der Waals surface area contributed by atoms with E-state index in [0.29, 0.717) is 25.9 Å². The van der Waals surface area contributed by atoms with Crippen molar-refractivity contribution in [2.24, 2.45) is 5.92 Å². The number of imide groups is 1. The molecule has 14 nitrogen and oxygen atoms in total. The third-order valence-corrected chi connectivity index (χ3v) is 9.16. The normalized spacial score (nSPS) is 27.2. The highest BCUT2D eigenvalue weighted by Gasteiger charge is 2.61. The number of carbonyl (C=O) groups excluding carboxylic acids is 6. The van der Waals surface area contributed by atoms with Gasteiger partial charge in [0, 0.05) is 32.5 Å². The first-order valence-corrected chi connectivity index (χ1v) is 16.6. The molecule has 5 rings (SSSR count). The molecule has 0 spiro atoms. The minimum absolute atomic E-state index is 0.0170. The number of fused-ring (bicyclic) bond motifs is 3. The molecule has 260 valence electrons. The molecule has 0 radical (unpaired) electrons. The van der Waals surface area contributed by atoms with Crippen molar-refractivity contribution in [2.45, 2.75) is 108 Å². The van der Waals surface area contributed by atoms with Gasteiger partial charge in [-0.25, -0.2) is 14.4 Å². The molecule has 4 N–H and O–H groups in total. The van der Waals surface area contributed by atoms with E-state index in [0.717, 1.165) is 30.4 Å². The second-order valence-corrected chi connectivity index (χ2v) is 13.9. The minimum Gasteiger partial charge on any atom is -0.444 e. The van der Waals surface area contributed by atoms with Gasteiger partial charge in [0.1, 0.15) is 29.3 Å². The molecule has 14 heteroatoms. The van der Waals surface area contributed by atoms with Crippen molar-refractivity contribution in [3.8, 4) is 0 Å². The molecule has 4 aliphatic rings. The predicted molar refractivity (Wildman–Crippen MR) is 173 cm³/mol. The number of nitrogens with zero attached hydrogens (tertiary/aromatic N) is 2. The number of allylic oxidation sites excluding steroid dienone is 1. The zero-order valence-electron chi connectivity index (χ0n) is 28.0. The quantitative estimate of drug-likeness (QED) is 0.356. The maximum absolute atomic E-state index is 14.2.